The van der Waals surface area contributed by atoms with E-state index >= 15 is 0 Å². The van der Waals surface area contributed by atoms with Crippen LogP contribution in [0.1, 0.15) is 36.2 Å². The third-order valence-corrected chi connectivity index (χ3v) is 4.50. The van der Waals surface area contributed by atoms with Crippen molar-refractivity contribution in [3.05, 3.63) is 64.9 Å². The van der Waals surface area contributed by atoms with E-state index in [1.807, 2.05) is 37.3 Å². The van der Waals surface area contributed by atoms with E-state index in [-0.39, 0.29) is 12.4 Å². The summed E-state index contributed by atoms with van der Waals surface area (Å²) in [4.78, 5) is 13.2. The van der Waals surface area contributed by atoms with Crippen LogP contribution in [-0.2, 0) is 6.61 Å². The summed E-state index contributed by atoms with van der Waals surface area (Å²) in [5.74, 6) is 1.01. The fourth-order valence-corrected chi connectivity index (χ4v) is 2.76. The van der Waals surface area contributed by atoms with Gasteiger partial charge in [-0.1, -0.05) is 30.3 Å². The Morgan fingerprint density at radius 3 is 2.38 bits per heavy atom. The van der Waals surface area contributed by atoms with E-state index in [9.17, 15) is 4.79 Å². The van der Waals surface area contributed by atoms with Crippen molar-refractivity contribution >= 4 is 5.78 Å². The molecule has 0 unspecified atom stereocenters. The van der Waals surface area contributed by atoms with Crippen molar-refractivity contribution in [2.75, 3.05) is 20.8 Å². The molecule has 0 aliphatic rings. The molecule has 0 aliphatic heterocycles. The molecule has 0 radical (unpaired) electrons. The SMILES string of the molecule is COc1ccc(C(=O)C(C)=C(C)NCCC#N)c(OCc2ccccc2)c1OC. The lowest BCUT2D eigenvalue weighted by atomic mass is 10.0. The molecule has 0 saturated heterocycles. The maximum Gasteiger partial charge on any atom is 0.204 e. The van der Waals surface area contributed by atoms with Crippen molar-refractivity contribution in [2.45, 2.75) is 26.9 Å². The van der Waals surface area contributed by atoms with Gasteiger partial charge < -0.3 is 19.5 Å². The molecular weight excluding hydrogens is 368 g/mol. The number of rotatable bonds is 10. The first-order valence-electron chi connectivity index (χ1n) is 9.28. The van der Waals surface area contributed by atoms with E-state index in [0.29, 0.717) is 47.0 Å². The van der Waals surface area contributed by atoms with Gasteiger partial charge in [-0.2, -0.15) is 5.26 Å². The van der Waals surface area contributed by atoms with Gasteiger partial charge >= 0.3 is 0 Å². The first-order valence-corrected chi connectivity index (χ1v) is 9.28. The number of Topliss-reactive ketones (excluding diaryl/α,β-unsaturated/α-hetero) is 1. The second-order valence-corrected chi connectivity index (χ2v) is 6.37. The minimum atomic E-state index is -0.184. The molecule has 0 atom stereocenters. The molecule has 0 aromatic heterocycles. The van der Waals surface area contributed by atoms with Gasteiger partial charge in [-0.25, -0.2) is 0 Å². The number of carbonyl (C=O) groups excluding carboxylic acids is 1. The van der Waals surface area contributed by atoms with E-state index in [1.54, 1.807) is 19.1 Å². The van der Waals surface area contributed by atoms with Crippen LogP contribution in [0.15, 0.2) is 53.7 Å². The van der Waals surface area contributed by atoms with Crippen molar-refractivity contribution in [1.82, 2.24) is 5.32 Å². The molecule has 0 bridgehead atoms. The summed E-state index contributed by atoms with van der Waals surface area (Å²) < 4.78 is 16.9. The Bertz CT molecular complexity index is 914. The Morgan fingerprint density at radius 2 is 1.76 bits per heavy atom. The predicted octanol–water partition coefficient (Wildman–Crippen LogP) is 4.26. The summed E-state index contributed by atoms with van der Waals surface area (Å²) in [5.41, 5.74) is 2.61. The highest BCUT2D eigenvalue weighted by molar-refractivity contribution is 6.11. The van der Waals surface area contributed by atoms with E-state index in [2.05, 4.69) is 11.4 Å². The van der Waals surface area contributed by atoms with Gasteiger partial charge in [-0.05, 0) is 31.5 Å². The molecule has 1 N–H and O–H groups in total. The smallest absolute Gasteiger partial charge is 0.204 e. The van der Waals surface area contributed by atoms with Crippen LogP contribution in [-0.4, -0.2) is 26.5 Å². The number of nitrogens with zero attached hydrogens (tertiary/aromatic N) is 1. The van der Waals surface area contributed by atoms with Gasteiger partial charge in [0.05, 0.1) is 32.3 Å². The molecule has 0 saturated carbocycles. The average Bonchev–Trinajstić information content (AvgIpc) is 2.76. The van der Waals surface area contributed by atoms with E-state index in [1.165, 1.54) is 14.2 Å². The summed E-state index contributed by atoms with van der Waals surface area (Å²) in [5, 5.41) is 11.8. The highest BCUT2D eigenvalue weighted by atomic mass is 16.5. The van der Waals surface area contributed by atoms with Crippen LogP contribution in [0, 0.1) is 11.3 Å². The quantitative estimate of drug-likeness (QED) is 0.368. The number of carbonyl (C=O) groups is 1. The molecule has 0 heterocycles. The minimum Gasteiger partial charge on any atom is -0.493 e. The molecule has 152 valence electrons. The lowest BCUT2D eigenvalue weighted by molar-refractivity contribution is 0.102. The zero-order chi connectivity index (χ0) is 21.2. The van der Waals surface area contributed by atoms with E-state index in [0.717, 1.165) is 5.56 Å². The van der Waals surface area contributed by atoms with Crippen molar-refractivity contribution in [3.8, 4) is 23.3 Å². The lowest BCUT2D eigenvalue weighted by Gasteiger charge is -2.18. The van der Waals surface area contributed by atoms with Crippen LogP contribution in [0.5, 0.6) is 17.2 Å². The number of methoxy groups -OCH3 is 2. The standard InChI is InChI=1S/C23H26N2O4/c1-16(17(2)25-14-8-13-24)21(26)19-11-12-20(27-3)23(28-4)22(19)29-15-18-9-6-5-7-10-18/h5-7,9-12,25H,8,14-15H2,1-4H3. The molecule has 6 nitrogen and oxygen atoms in total. The Kier molecular flexibility index (Phi) is 8.11. The van der Waals surface area contributed by atoms with Crippen LogP contribution < -0.4 is 19.5 Å². The topological polar surface area (TPSA) is 80.6 Å². The van der Waals surface area contributed by atoms with Crippen LogP contribution >= 0.6 is 0 Å². The normalized spacial score (nSPS) is 11.1. The Morgan fingerprint density at radius 1 is 1.03 bits per heavy atom. The maximum absolute atomic E-state index is 13.2. The predicted molar refractivity (Wildman–Crippen MR) is 111 cm³/mol. The molecule has 0 aliphatic carbocycles. The Balaban J connectivity index is 2.40. The minimum absolute atomic E-state index is 0.184. The zero-order valence-corrected chi connectivity index (χ0v) is 17.2. The van der Waals surface area contributed by atoms with Gasteiger partial charge in [-0.3, -0.25) is 4.79 Å². The number of ketones is 1. The lowest BCUT2D eigenvalue weighted by Crippen LogP contribution is -2.17. The van der Waals surface area contributed by atoms with Crippen molar-refractivity contribution in [3.63, 3.8) is 0 Å². The van der Waals surface area contributed by atoms with Gasteiger partial charge in [0, 0.05) is 17.8 Å². The first-order chi connectivity index (χ1) is 14.0. The Labute approximate surface area is 171 Å². The van der Waals surface area contributed by atoms with Crippen LogP contribution in [0.25, 0.3) is 0 Å². The molecule has 0 spiro atoms. The third kappa shape index (κ3) is 5.52. The third-order valence-electron chi connectivity index (χ3n) is 4.50. The fraction of sp³-hybridized carbons (Fsp3) is 0.304. The molecule has 2 aromatic carbocycles. The number of nitrogens with one attached hydrogen (secondary N) is 1. The number of nitriles is 1. The number of ether oxygens (including phenoxy) is 3. The Hall–Kier alpha value is -3.46. The number of allylic oxidation sites excluding steroid dienone is 2. The van der Waals surface area contributed by atoms with Crippen LogP contribution in [0.4, 0.5) is 0 Å². The van der Waals surface area contributed by atoms with Gasteiger partial charge in [0.2, 0.25) is 5.75 Å². The van der Waals surface area contributed by atoms with Crippen LogP contribution in [0.3, 0.4) is 0 Å². The monoisotopic (exact) mass is 394 g/mol. The first kappa shape index (κ1) is 21.8. The second-order valence-electron chi connectivity index (χ2n) is 6.37. The largest absolute Gasteiger partial charge is 0.493 e. The van der Waals surface area contributed by atoms with Gasteiger partial charge in [0.1, 0.15) is 6.61 Å². The number of hydrogen-bond acceptors (Lipinski definition) is 6. The van der Waals surface area contributed by atoms with Crippen molar-refractivity contribution in [1.29, 1.82) is 5.26 Å². The fourth-order valence-electron chi connectivity index (χ4n) is 2.76. The second kappa shape index (κ2) is 10.8. The molecule has 0 fully saturated rings. The summed E-state index contributed by atoms with van der Waals surface area (Å²) in [6, 6.07) is 15.1. The molecule has 0 amide bonds. The molecule has 6 heteroatoms. The van der Waals surface area contributed by atoms with Gasteiger partial charge in [0.15, 0.2) is 17.3 Å². The van der Waals surface area contributed by atoms with Gasteiger partial charge in [0.25, 0.3) is 0 Å². The highest BCUT2D eigenvalue weighted by Gasteiger charge is 2.23. The van der Waals surface area contributed by atoms with Crippen molar-refractivity contribution < 1.29 is 19.0 Å². The summed E-state index contributed by atoms with van der Waals surface area (Å²) >= 11 is 0. The number of benzene rings is 2. The summed E-state index contributed by atoms with van der Waals surface area (Å²) in [6.07, 6.45) is 0.362. The van der Waals surface area contributed by atoms with Crippen molar-refractivity contribution in [2.24, 2.45) is 0 Å². The maximum atomic E-state index is 13.2. The van der Waals surface area contributed by atoms with E-state index in [4.69, 9.17) is 19.5 Å². The van der Waals surface area contributed by atoms with Crippen LogP contribution in [0.2, 0.25) is 0 Å². The summed E-state index contributed by atoms with van der Waals surface area (Å²) in [7, 11) is 3.05. The molecule has 2 aromatic rings. The average molecular weight is 394 g/mol. The zero-order valence-electron chi connectivity index (χ0n) is 17.2. The highest BCUT2D eigenvalue weighted by Crippen LogP contribution is 2.41. The molecular formula is C23H26N2O4. The molecule has 29 heavy (non-hydrogen) atoms. The van der Waals surface area contributed by atoms with E-state index < -0.39 is 0 Å². The number of hydrogen-bond donors (Lipinski definition) is 1. The molecule has 2 rings (SSSR count). The summed E-state index contributed by atoms with van der Waals surface area (Å²) in [6.45, 7) is 4.33. The van der Waals surface area contributed by atoms with Gasteiger partial charge in [-0.15, -0.1) is 0 Å².